The van der Waals surface area contributed by atoms with E-state index in [1.54, 1.807) is 18.2 Å². The molecule has 0 aliphatic rings. The van der Waals surface area contributed by atoms with E-state index in [4.69, 9.17) is 34.8 Å². The van der Waals surface area contributed by atoms with Gasteiger partial charge in [-0.15, -0.1) is 0 Å². The first-order valence-electron chi connectivity index (χ1n) is 5.23. The van der Waals surface area contributed by atoms with Crippen LogP contribution in [0.4, 0.5) is 5.69 Å². The molecule has 3 nitrogen and oxygen atoms in total. The fourth-order valence-electron chi connectivity index (χ4n) is 1.48. The first kappa shape index (κ1) is 14.0. The van der Waals surface area contributed by atoms with Crippen molar-refractivity contribution >= 4 is 46.4 Å². The lowest BCUT2D eigenvalue weighted by Gasteiger charge is -2.09. The Balaban J connectivity index is 2.31. The Morgan fingerprint density at radius 2 is 1.79 bits per heavy atom. The number of amides is 1. The molecule has 0 heterocycles. The number of aromatic hydroxyl groups is 1. The number of benzene rings is 2. The Labute approximate surface area is 124 Å². The van der Waals surface area contributed by atoms with Crippen LogP contribution < -0.4 is 5.32 Å². The molecule has 0 bridgehead atoms. The van der Waals surface area contributed by atoms with E-state index >= 15 is 0 Å². The van der Waals surface area contributed by atoms with Crippen molar-refractivity contribution in [3.05, 3.63) is 57.0 Å². The van der Waals surface area contributed by atoms with Gasteiger partial charge < -0.3 is 10.4 Å². The number of hydrogen-bond acceptors (Lipinski definition) is 2. The minimum absolute atomic E-state index is 0.0493. The summed E-state index contributed by atoms with van der Waals surface area (Å²) in [5, 5.41) is 12.8. The molecule has 0 aliphatic carbocycles. The normalized spacial score (nSPS) is 10.3. The molecule has 2 aromatic carbocycles. The van der Waals surface area contributed by atoms with Gasteiger partial charge in [0.15, 0.2) is 0 Å². The second kappa shape index (κ2) is 5.70. The highest BCUT2D eigenvalue weighted by Gasteiger charge is 2.13. The van der Waals surface area contributed by atoms with Gasteiger partial charge in [-0.1, -0.05) is 40.9 Å². The maximum Gasteiger partial charge on any atom is 0.257 e. The second-order valence-electron chi connectivity index (χ2n) is 3.72. The summed E-state index contributed by atoms with van der Waals surface area (Å²) in [6.45, 7) is 0. The predicted molar refractivity (Wildman–Crippen MR) is 77.5 cm³/mol. The van der Waals surface area contributed by atoms with E-state index in [0.717, 1.165) is 0 Å². The van der Waals surface area contributed by atoms with Gasteiger partial charge in [0.25, 0.3) is 5.91 Å². The standard InChI is InChI=1S/C13H8Cl3NO2/c14-9-5-4-7(18)6-8(9)13(19)17-11-3-1-2-10(15)12(11)16/h1-6,18H,(H,17,19). The van der Waals surface area contributed by atoms with Crippen molar-refractivity contribution in [3.8, 4) is 5.75 Å². The first-order chi connectivity index (χ1) is 8.99. The highest BCUT2D eigenvalue weighted by atomic mass is 35.5. The molecule has 0 aliphatic heterocycles. The van der Waals surface area contributed by atoms with E-state index in [1.165, 1.54) is 18.2 Å². The van der Waals surface area contributed by atoms with Gasteiger partial charge in [0.2, 0.25) is 0 Å². The van der Waals surface area contributed by atoms with Crippen molar-refractivity contribution in [2.75, 3.05) is 5.32 Å². The fourth-order valence-corrected chi connectivity index (χ4v) is 2.03. The van der Waals surface area contributed by atoms with Gasteiger partial charge in [0, 0.05) is 0 Å². The van der Waals surface area contributed by atoms with Gasteiger partial charge in [-0.2, -0.15) is 0 Å². The van der Waals surface area contributed by atoms with Crippen molar-refractivity contribution in [2.45, 2.75) is 0 Å². The Morgan fingerprint density at radius 1 is 1.05 bits per heavy atom. The highest BCUT2D eigenvalue weighted by molar-refractivity contribution is 6.44. The van der Waals surface area contributed by atoms with Crippen molar-refractivity contribution in [3.63, 3.8) is 0 Å². The molecule has 0 spiro atoms. The number of carbonyl (C=O) groups excluding carboxylic acids is 1. The van der Waals surface area contributed by atoms with Crippen LogP contribution >= 0.6 is 34.8 Å². The second-order valence-corrected chi connectivity index (χ2v) is 4.91. The van der Waals surface area contributed by atoms with E-state index in [9.17, 15) is 9.90 Å². The molecule has 19 heavy (non-hydrogen) atoms. The third-order valence-corrected chi connectivity index (χ3v) is 3.54. The van der Waals surface area contributed by atoms with Crippen molar-refractivity contribution < 1.29 is 9.90 Å². The topological polar surface area (TPSA) is 49.3 Å². The summed E-state index contributed by atoms with van der Waals surface area (Å²) in [7, 11) is 0. The summed E-state index contributed by atoms with van der Waals surface area (Å²) >= 11 is 17.7. The molecular weight excluding hydrogens is 309 g/mol. The molecule has 0 aromatic heterocycles. The van der Waals surface area contributed by atoms with Crippen LogP contribution in [0.2, 0.25) is 15.1 Å². The number of rotatable bonds is 2. The van der Waals surface area contributed by atoms with Crippen LogP contribution in [0, 0.1) is 0 Å². The van der Waals surface area contributed by atoms with Gasteiger partial charge in [-0.05, 0) is 30.3 Å². The highest BCUT2D eigenvalue weighted by Crippen LogP contribution is 2.30. The fraction of sp³-hybridized carbons (Fsp3) is 0. The Hall–Kier alpha value is -1.42. The summed E-state index contributed by atoms with van der Waals surface area (Å²) in [6, 6.07) is 8.99. The summed E-state index contributed by atoms with van der Waals surface area (Å²) in [6.07, 6.45) is 0. The van der Waals surface area contributed by atoms with Crippen LogP contribution in [0.5, 0.6) is 5.75 Å². The number of phenolic OH excluding ortho intramolecular Hbond substituents is 1. The van der Waals surface area contributed by atoms with Gasteiger partial charge >= 0.3 is 0 Å². The Kier molecular flexibility index (Phi) is 4.20. The monoisotopic (exact) mass is 315 g/mol. The summed E-state index contributed by atoms with van der Waals surface area (Å²) in [4.78, 5) is 12.0. The Morgan fingerprint density at radius 3 is 2.53 bits per heavy atom. The van der Waals surface area contributed by atoms with Gasteiger partial charge in [-0.25, -0.2) is 0 Å². The van der Waals surface area contributed by atoms with E-state index in [-0.39, 0.29) is 21.4 Å². The maximum atomic E-state index is 12.0. The first-order valence-corrected chi connectivity index (χ1v) is 6.36. The van der Waals surface area contributed by atoms with Crippen molar-refractivity contribution in [1.29, 1.82) is 0 Å². The summed E-state index contributed by atoms with van der Waals surface area (Å²) in [5.74, 6) is -0.531. The third-order valence-electron chi connectivity index (χ3n) is 2.39. The molecular formula is C13H8Cl3NO2. The largest absolute Gasteiger partial charge is 0.508 e. The molecule has 2 N–H and O–H groups in total. The van der Waals surface area contributed by atoms with Gasteiger partial charge in [0.1, 0.15) is 5.75 Å². The lowest BCUT2D eigenvalue weighted by molar-refractivity contribution is 0.102. The maximum absolute atomic E-state index is 12.0. The minimum atomic E-state index is -0.481. The number of halogens is 3. The molecule has 2 aromatic rings. The molecule has 98 valence electrons. The zero-order valence-corrected chi connectivity index (χ0v) is 11.7. The van der Waals surface area contributed by atoms with Crippen LogP contribution in [-0.2, 0) is 0 Å². The van der Waals surface area contributed by atoms with Gasteiger partial charge in [-0.3, -0.25) is 4.79 Å². The van der Waals surface area contributed by atoms with Crippen LogP contribution in [0.25, 0.3) is 0 Å². The average molecular weight is 317 g/mol. The van der Waals surface area contributed by atoms with E-state index < -0.39 is 5.91 Å². The zero-order valence-electron chi connectivity index (χ0n) is 9.45. The molecule has 0 unspecified atom stereocenters. The van der Waals surface area contributed by atoms with E-state index in [2.05, 4.69) is 5.32 Å². The molecule has 2 rings (SSSR count). The number of anilines is 1. The SMILES string of the molecule is O=C(Nc1cccc(Cl)c1Cl)c1cc(O)ccc1Cl. The average Bonchev–Trinajstić information content (AvgIpc) is 2.38. The van der Waals surface area contributed by atoms with Crippen LogP contribution in [0.3, 0.4) is 0 Å². The molecule has 0 fully saturated rings. The lowest BCUT2D eigenvalue weighted by Crippen LogP contribution is -2.12. The smallest absolute Gasteiger partial charge is 0.257 e. The minimum Gasteiger partial charge on any atom is -0.508 e. The van der Waals surface area contributed by atoms with E-state index in [0.29, 0.717) is 10.7 Å². The molecule has 1 amide bonds. The summed E-state index contributed by atoms with van der Waals surface area (Å²) < 4.78 is 0. The van der Waals surface area contributed by atoms with Crippen LogP contribution in [0.1, 0.15) is 10.4 Å². The number of hydrogen-bond donors (Lipinski definition) is 2. The summed E-state index contributed by atoms with van der Waals surface area (Å²) in [5.41, 5.74) is 0.524. The Bertz CT molecular complexity index is 644. The molecule has 0 atom stereocenters. The molecule has 0 radical (unpaired) electrons. The molecule has 6 heteroatoms. The van der Waals surface area contributed by atoms with Crippen molar-refractivity contribution in [2.24, 2.45) is 0 Å². The number of phenols is 1. The third kappa shape index (κ3) is 3.13. The van der Waals surface area contributed by atoms with Gasteiger partial charge in [0.05, 0.1) is 26.3 Å². The quantitative estimate of drug-likeness (QED) is 0.850. The molecule has 0 saturated carbocycles. The van der Waals surface area contributed by atoms with E-state index in [1.807, 2.05) is 0 Å². The number of carbonyl (C=O) groups is 1. The van der Waals surface area contributed by atoms with Crippen molar-refractivity contribution in [1.82, 2.24) is 0 Å². The lowest BCUT2D eigenvalue weighted by atomic mass is 10.2. The zero-order chi connectivity index (χ0) is 14.0. The number of nitrogens with one attached hydrogen (secondary N) is 1. The molecule has 0 saturated heterocycles. The van der Waals surface area contributed by atoms with Crippen LogP contribution in [-0.4, -0.2) is 11.0 Å². The predicted octanol–water partition coefficient (Wildman–Crippen LogP) is 4.60. The van der Waals surface area contributed by atoms with Crippen LogP contribution in [0.15, 0.2) is 36.4 Å².